The summed E-state index contributed by atoms with van der Waals surface area (Å²) in [5, 5.41) is 8.62. The third kappa shape index (κ3) is 2.86. The van der Waals surface area contributed by atoms with E-state index < -0.39 is 5.54 Å². The minimum atomic E-state index is -0.728. The lowest BCUT2D eigenvalue weighted by molar-refractivity contribution is -0.121. The number of hydrogen-bond donors (Lipinski definition) is 3. The van der Waals surface area contributed by atoms with E-state index in [4.69, 9.17) is 16.3 Å². The van der Waals surface area contributed by atoms with E-state index >= 15 is 0 Å². The first kappa shape index (κ1) is 14.6. The van der Waals surface area contributed by atoms with E-state index in [0.29, 0.717) is 22.1 Å². The summed E-state index contributed by atoms with van der Waals surface area (Å²) in [5.41, 5.74) is 0.209. The first-order valence-electron chi connectivity index (χ1n) is 6.10. The maximum absolute atomic E-state index is 12.1. The number of likely N-dealkylation sites (N-methyl/N-ethyl adjacent to an activating group) is 1. The highest BCUT2D eigenvalue weighted by Gasteiger charge is 2.26. The summed E-state index contributed by atoms with van der Waals surface area (Å²) in [6, 6.07) is 3.15. The lowest BCUT2D eigenvalue weighted by atomic mass is 10.1. The van der Waals surface area contributed by atoms with Gasteiger partial charge in [-0.2, -0.15) is 0 Å². The molecule has 1 aliphatic heterocycles. The summed E-state index contributed by atoms with van der Waals surface area (Å²) in [5.74, 6) is 0.0231. The Bertz CT molecular complexity index is 572. The van der Waals surface area contributed by atoms with Crippen molar-refractivity contribution in [2.75, 3.05) is 24.3 Å². The molecular formula is C13H16ClN3O3. The van der Waals surface area contributed by atoms with Gasteiger partial charge in [-0.15, -0.1) is 0 Å². The lowest BCUT2D eigenvalue weighted by Crippen LogP contribution is -2.47. The fraction of sp³-hybridized carbons (Fsp3) is 0.385. The van der Waals surface area contributed by atoms with Crippen LogP contribution in [-0.2, 0) is 9.59 Å². The Morgan fingerprint density at radius 1 is 1.45 bits per heavy atom. The molecule has 108 valence electrons. The van der Waals surface area contributed by atoms with Crippen LogP contribution < -0.4 is 20.7 Å². The van der Waals surface area contributed by atoms with Crippen molar-refractivity contribution in [1.29, 1.82) is 0 Å². The van der Waals surface area contributed by atoms with Gasteiger partial charge in [-0.1, -0.05) is 11.6 Å². The zero-order valence-electron chi connectivity index (χ0n) is 11.5. The van der Waals surface area contributed by atoms with Crippen molar-refractivity contribution in [2.45, 2.75) is 19.4 Å². The zero-order chi connectivity index (χ0) is 14.9. The third-order valence-corrected chi connectivity index (χ3v) is 3.46. The van der Waals surface area contributed by atoms with Crippen LogP contribution in [0.1, 0.15) is 13.8 Å². The molecule has 0 aromatic heterocycles. The Kier molecular flexibility index (Phi) is 3.87. The molecule has 1 aromatic rings. The molecule has 0 spiro atoms. The molecule has 6 nitrogen and oxygen atoms in total. The highest BCUT2D eigenvalue weighted by molar-refractivity contribution is 6.34. The van der Waals surface area contributed by atoms with Gasteiger partial charge in [-0.3, -0.25) is 9.59 Å². The zero-order valence-corrected chi connectivity index (χ0v) is 12.2. The molecule has 2 amide bonds. The van der Waals surface area contributed by atoms with Gasteiger partial charge in [0.2, 0.25) is 5.91 Å². The van der Waals surface area contributed by atoms with Crippen molar-refractivity contribution in [3.8, 4) is 5.75 Å². The molecular weight excluding hydrogens is 282 g/mol. The van der Waals surface area contributed by atoms with Crippen LogP contribution in [0.2, 0.25) is 5.02 Å². The van der Waals surface area contributed by atoms with Gasteiger partial charge in [0, 0.05) is 6.07 Å². The standard InChI is InChI=1S/C13H16ClN3O3/c1-13(2,15-3)12(19)17-8-5-10-9(4-7(8)14)16-11(18)6-20-10/h4-5,15H,6H2,1-3H3,(H,16,18)(H,17,19). The van der Waals surface area contributed by atoms with Crippen LogP contribution in [0.25, 0.3) is 0 Å². The molecule has 0 radical (unpaired) electrons. The van der Waals surface area contributed by atoms with Gasteiger partial charge in [0.1, 0.15) is 5.75 Å². The Morgan fingerprint density at radius 3 is 2.80 bits per heavy atom. The summed E-state index contributed by atoms with van der Waals surface area (Å²) in [4.78, 5) is 23.3. The van der Waals surface area contributed by atoms with Crippen LogP contribution in [0, 0.1) is 0 Å². The van der Waals surface area contributed by atoms with Crippen molar-refractivity contribution in [3.63, 3.8) is 0 Å². The van der Waals surface area contributed by atoms with Crippen LogP contribution in [-0.4, -0.2) is 31.0 Å². The molecule has 1 aromatic carbocycles. The topological polar surface area (TPSA) is 79.5 Å². The molecule has 0 saturated carbocycles. The Hall–Kier alpha value is -1.79. The van der Waals surface area contributed by atoms with Crippen molar-refractivity contribution >= 4 is 34.8 Å². The number of ether oxygens (including phenoxy) is 1. The SMILES string of the molecule is CNC(C)(C)C(=O)Nc1cc2c(cc1Cl)NC(=O)CO2. The first-order valence-corrected chi connectivity index (χ1v) is 6.48. The molecule has 2 rings (SSSR count). The monoisotopic (exact) mass is 297 g/mol. The summed E-state index contributed by atoms with van der Waals surface area (Å²) >= 11 is 6.10. The molecule has 0 fully saturated rings. The number of rotatable bonds is 3. The smallest absolute Gasteiger partial charge is 0.262 e. The van der Waals surface area contributed by atoms with E-state index in [2.05, 4.69) is 16.0 Å². The molecule has 0 bridgehead atoms. The number of anilines is 2. The average molecular weight is 298 g/mol. The quantitative estimate of drug-likeness (QED) is 0.792. The fourth-order valence-electron chi connectivity index (χ4n) is 1.59. The number of halogens is 1. The van der Waals surface area contributed by atoms with E-state index in [0.717, 1.165) is 0 Å². The van der Waals surface area contributed by atoms with E-state index in [1.165, 1.54) is 0 Å². The molecule has 0 saturated heterocycles. The highest BCUT2D eigenvalue weighted by Crippen LogP contribution is 2.36. The summed E-state index contributed by atoms with van der Waals surface area (Å²) in [7, 11) is 1.70. The molecule has 0 atom stereocenters. The molecule has 0 aliphatic carbocycles. The second-order valence-corrected chi connectivity index (χ2v) is 5.40. The second kappa shape index (κ2) is 5.30. The molecule has 3 N–H and O–H groups in total. The summed E-state index contributed by atoms with van der Waals surface area (Å²) in [6.45, 7) is 3.46. The molecule has 0 unspecified atom stereocenters. The maximum atomic E-state index is 12.1. The van der Waals surface area contributed by atoms with E-state index in [1.54, 1.807) is 33.0 Å². The number of carbonyl (C=O) groups is 2. The van der Waals surface area contributed by atoms with Crippen molar-refractivity contribution in [2.24, 2.45) is 0 Å². The van der Waals surface area contributed by atoms with Crippen LogP contribution in [0.15, 0.2) is 12.1 Å². The average Bonchev–Trinajstić information content (AvgIpc) is 2.39. The van der Waals surface area contributed by atoms with E-state index in [-0.39, 0.29) is 18.4 Å². The fourth-order valence-corrected chi connectivity index (χ4v) is 1.80. The van der Waals surface area contributed by atoms with Crippen LogP contribution in [0.4, 0.5) is 11.4 Å². The number of amides is 2. The summed E-state index contributed by atoms with van der Waals surface area (Å²) in [6.07, 6.45) is 0. The second-order valence-electron chi connectivity index (χ2n) is 4.99. The summed E-state index contributed by atoms with van der Waals surface area (Å²) < 4.78 is 5.29. The largest absolute Gasteiger partial charge is 0.482 e. The van der Waals surface area contributed by atoms with Crippen LogP contribution in [0.3, 0.4) is 0 Å². The Labute approximate surface area is 121 Å². The normalized spacial score (nSPS) is 14.1. The van der Waals surface area contributed by atoms with Gasteiger partial charge in [-0.25, -0.2) is 0 Å². The van der Waals surface area contributed by atoms with Crippen LogP contribution >= 0.6 is 11.6 Å². The minimum absolute atomic E-state index is 0.0516. The first-order chi connectivity index (χ1) is 9.33. The van der Waals surface area contributed by atoms with Gasteiger partial charge >= 0.3 is 0 Å². The lowest BCUT2D eigenvalue weighted by Gasteiger charge is -2.24. The molecule has 1 heterocycles. The predicted octanol–water partition coefficient (Wildman–Crippen LogP) is 1.61. The van der Waals surface area contributed by atoms with E-state index in [1.807, 2.05) is 0 Å². The molecule has 1 aliphatic rings. The number of hydrogen-bond acceptors (Lipinski definition) is 4. The van der Waals surface area contributed by atoms with Crippen molar-refractivity contribution < 1.29 is 14.3 Å². The van der Waals surface area contributed by atoms with E-state index in [9.17, 15) is 9.59 Å². The predicted molar refractivity (Wildman–Crippen MR) is 77.3 cm³/mol. The minimum Gasteiger partial charge on any atom is -0.482 e. The number of carbonyl (C=O) groups excluding carboxylic acids is 2. The Morgan fingerprint density at radius 2 is 2.15 bits per heavy atom. The van der Waals surface area contributed by atoms with Crippen molar-refractivity contribution in [3.05, 3.63) is 17.2 Å². The molecule has 7 heteroatoms. The van der Waals surface area contributed by atoms with Gasteiger partial charge in [0.15, 0.2) is 6.61 Å². The number of fused-ring (bicyclic) bond motifs is 1. The van der Waals surface area contributed by atoms with Gasteiger partial charge in [0.25, 0.3) is 5.91 Å². The molecule has 20 heavy (non-hydrogen) atoms. The number of benzene rings is 1. The highest BCUT2D eigenvalue weighted by atomic mass is 35.5. The maximum Gasteiger partial charge on any atom is 0.262 e. The Balaban J connectivity index is 2.26. The van der Waals surface area contributed by atoms with Gasteiger partial charge in [-0.05, 0) is 27.0 Å². The van der Waals surface area contributed by atoms with Crippen molar-refractivity contribution in [1.82, 2.24) is 5.32 Å². The third-order valence-electron chi connectivity index (χ3n) is 3.14. The van der Waals surface area contributed by atoms with Crippen LogP contribution in [0.5, 0.6) is 5.75 Å². The van der Waals surface area contributed by atoms with Gasteiger partial charge < -0.3 is 20.7 Å². The van der Waals surface area contributed by atoms with Gasteiger partial charge in [0.05, 0.1) is 21.9 Å². The number of nitrogens with one attached hydrogen (secondary N) is 3.